The number of carbonyl (C=O) groups is 1. The highest BCUT2D eigenvalue weighted by Crippen LogP contribution is 2.14. The van der Waals surface area contributed by atoms with Gasteiger partial charge in [-0.2, -0.15) is 5.10 Å². The predicted molar refractivity (Wildman–Crippen MR) is 67.0 cm³/mol. The summed E-state index contributed by atoms with van der Waals surface area (Å²) in [7, 11) is 1.79. The van der Waals surface area contributed by atoms with Crippen molar-refractivity contribution in [2.24, 2.45) is 7.05 Å². The fourth-order valence-corrected chi connectivity index (χ4v) is 1.66. The molecule has 100 valence electrons. The maximum atomic E-state index is 11.3. The summed E-state index contributed by atoms with van der Waals surface area (Å²) in [5.74, 6) is 1.05. The zero-order chi connectivity index (χ0) is 13.7. The van der Waals surface area contributed by atoms with Crippen molar-refractivity contribution in [1.29, 1.82) is 0 Å². The van der Waals surface area contributed by atoms with E-state index in [0.717, 1.165) is 5.56 Å². The van der Waals surface area contributed by atoms with Crippen LogP contribution in [0.15, 0.2) is 18.7 Å². The monoisotopic (exact) mass is 261 g/mol. The Morgan fingerprint density at radius 3 is 2.79 bits per heavy atom. The van der Waals surface area contributed by atoms with Crippen molar-refractivity contribution in [2.45, 2.75) is 19.8 Å². The molecule has 0 aliphatic heterocycles. The zero-order valence-corrected chi connectivity index (χ0v) is 10.9. The minimum Gasteiger partial charge on any atom is -0.466 e. The number of aromatic nitrogens is 5. The fraction of sp³-hybridized carbons (Fsp3) is 0.417. The van der Waals surface area contributed by atoms with Crippen LogP contribution in [0, 0.1) is 0 Å². The normalized spacial score (nSPS) is 10.4. The molecule has 0 N–H and O–H groups in total. The summed E-state index contributed by atoms with van der Waals surface area (Å²) < 4.78 is 6.52. The third-order valence-corrected chi connectivity index (χ3v) is 2.48. The van der Waals surface area contributed by atoms with Crippen LogP contribution >= 0.6 is 0 Å². The molecule has 0 fully saturated rings. The van der Waals surface area contributed by atoms with E-state index in [0.29, 0.717) is 24.7 Å². The molecule has 0 aromatic carbocycles. The summed E-state index contributed by atoms with van der Waals surface area (Å²) >= 11 is 0. The molecule has 2 rings (SSSR count). The summed E-state index contributed by atoms with van der Waals surface area (Å²) in [4.78, 5) is 23.5. The quantitative estimate of drug-likeness (QED) is 0.739. The third-order valence-electron chi connectivity index (χ3n) is 2.48. The molecule has 0 aliphatic rings. The van der Waals surface area contributed by atoms with Crippen LogP contribution in [0.3, 0.4) is 0 Å². The lowest BCUT2D eigenvalue weighted by Crippen LogP contribution is -2.06. The van der Waals surface area contributed by atoms with E-state index in [2.05, 4.69) is 20.1 Å². The number of hydrogen-bond acceptors (Lipinski definition) is 6. The lowest BCUT2D eigenvalue weighted by atomic mass is 10.3. The number of hydrogen-bond donors (Lipinski definition) is 0. The summed E-state index contributed by atoms with van der Waals surface area (Å²) in [6.07, 6.45) is 5.54. The number of carbonyl (C=O) groups excluding carboxylic acids is 1. The van der Waals surface area contributed by atoms with Crippen LogP contribution in [0.4, 0.5) is 0 Å². The highest BCUT2D eigenvalue weighted by Gasteiger charge is 2.11. The van der Waals surface area contributed by atoms with Gasteiger partial charge < -0.3 is 4.74 Å². The first-order chi connectivity index (χ1) is 9.20. The molecule has 0 bridgehead atoms. The van der Waals surface area contributed by atoms with Crippen LogP contribution in [0.1, 0.15) is 19.2 Å². The van der Waals surface area contributed by atoms with Gasteiger partial charge in [0.15, 0.2) is 11.6 Å². The van der Waals surface area contributed by atoms with E-state index in [9.17, 15) is 4.79 Å². The maximum Gasteiger partial charge on any atom is 0.306 e. The van der Waals surface area contributed by atoms with Crippen molar-refractivity contribution in [2.75, 3.05) is 6.61 Å². The molecule has 0 unspecified atom stereocenters. The van der Waals surface area contributed by atoms with Gasteiger partial charge in [-0.1, -0.05) is 0 Å². The molecule has 2 heterocycles. The van der Waals surface area contributed by atoms with Crippen LogP contribution in [0.25, 0.3) is 11.4 Å². The predicted octanol–water partition coefficient (Wildman–Crippen LogP) is 0.768. The second-order valence-corrected chi connectivity index (χ2v) is 3.91. The molecule has 2 aromatic rings. The van der Waals surface area contributed by atoms with Crippen molar-refractivity contribution in [3.8, 4) is 11.4 Å². The van der Waals surface area contributed by atoms with Gasteiger partial charge in [0.05, 0.1) is 18.6 Å². The van der Waals surface area contributed by atoms with Crippen molar-refractivity contribution in [3.63, 3.8) is 0 Å². The lowest BCUT2D eigenvalue weighted by Gasteiger charge is -1.98. The van der Waals surface area contributed by atoms with Gasteiger partial charge >= 0.3 is 5.97 Å². The van der Waals surface area contributed by atoms with E-state index in [1.54, 1.807) is 31.0 Å². The molecule has 0 saturated carbocycles. The minimum atomic E-state index is -0.237. The summed E-state index contributed by atoms with van der Waals surface area (Å²) in [5, 5.41) is 4.26. The zero-order valence-electron chi connectivity index (χ0n) is 10.9. The number of esters is 1. The summed E-state index contributed by atoms with van der Waals surface area (Å²) in [6.45, 7) is 2.17. The Morgan fingerprint density at radius 2 is 2.11 bits per heavy atom. The second-order valence-electron chi connectivity index (χ2n) is 3.91. The molecular weight excluding hydrogens is 246 g/mol. The molecule has 0 amide bonds. The third kappa shape index (κ3) is 3.34. The van der Waals surface area contributed by atoms with Crippen LogP contribution < -0.4 is 0 Å². The first kappa shape index (κ1) is 13.1. The van der Waals surface area contributed by atoms with Gasteiger partial charge in [0.2, 0.25) is 0 Å². The Morgan fingerprint density at radius 1 is 1.37 bits per heavy atom. The molecular formula is C12H15N5O2. The van der Waals surface area contributed by atoms with Gasteiger partial charge in [0, 0.05) is 25.9 Å². The van der Waals surface area contributed by atoms with E-state index >= 15 is 0 Å². The van der Waals surface area contributed by atoms with Crippen LogP contribution in [-0.2, 0) is 23.0 Å². The lowest BCUT2D eigenvalue weighted by molar-refractivity contribution is -0.143. The molecule has 0 radical (unpaired) electrons. The van der Waals surface area contributed by atoms with Gasteiger partial charge in [-0.05, 0) is 6.92 Å². The SMILES string of the molecule is CCOC(=O)CCc1nc(-c2cncnc2)n(C)n1. The largest absolute Gasteiger partial charge is 0.466 e. The minimum absolute atomic E-state index is 0.237. The van der Waals surface area contributed by atoms with E-state index in [1.165, 1.54) is 6.33 Å². The molecule has 7 nitrogen and oxygen atoms in total. The number of rotatable bonds is 5. The highest BCUT2D eigenvalue weighted by molar-refractivity contribution is 5.69. The number of aryl methyl sites for hydroxylation is 2. The number of ether oxygens (including phenoxy) is 1. The molecule has 0 aliphatic carbocycles. The van der Waals surface area contributed by atoms with E-state index < -0.39 is 0 Å². The van der Waals surface area contributed by atoms with Gasteiger partial charge in [0.25, 0.3) is 0 Å². The molecule has 0 saturated heterocycles. The Kier molecular flexibility index (Phi) is 4.17. The number of nitrogens with zero attached hydrogens (tertiary/aromatic N) is 5. The Balaban J connectivity index is 2.07. The van der Waals surface area contributed by atoms with Crippen LogP contribution in [0.5, 0.6) is 0 Å². The van der Waals surface area contributed by atoms with Crippen molar-refractivity contribution < 1.29 is 9.53 Å². The van der Waals surface area contributed by atoms with Crippen molar-refractivity contribution >= 4 is 5.97 Å². The molecule has 19 heavy (non-hydrogen) atoms. The Bertz CT molecular complexity index is 553. The van der Waals surface area contributed by atoms with Gasteiger partial charge in [-0.25, -0.2) is 19.6 Å². The topological polar surface area (TPSA) is 82.8 Å². The first-order valence-electron chi connectivity index (χ1n) is 6.01. The van der Waals surface area contributed by atoms with Gasteiger partial charge in [-0.3, -0.25) is 4.79 Å². The van der Waals surface area contributed by atoms with Crippen LogP contribution in [0.2, 0.25) is 0 Å². The summed E-state index contributed by atoms with van der Waals surface area (Å²) in [5.41, 5.74) is 0.792. The average Bonchev–Trinajstić information content (AvgIpc) is 2.79. The molecule has 7 heteroatoms. The smallest absolute Gasteiger partial charge is 0.306 e. The average molecular weight is 261 g/mol. The molecule has 0 atom stereocenters. The van der Waals surface area contributed by atoms with Crippen molar-refractivity contribution in [3.05, 3.63) is 24.5 Å². The Hall–Kier alpha value is -2.31. The Labute approximate surface area is 110 Å². The maximum absolute atomic E-state index is 11.3. The molecule has 2 aromatic heterocycles. The van der Waals surface area contributed by atoms with Crippen LogP contribution in [-0.4, -0.2) is 37.3 Å². The summed E-state index contributed by atoms with van der Waals surface area (Å²) in [6, 6.07) is 0. The van der Waals surface area contributed by atoms with Gasteiger partial charge in [-0.15, -0.1) is 0 Å². The first-order valence-corrected chi connectivity index (χ1v) is 6.01. The second kappa shape index (κ2) is 6.03. The standard InChI is InChI=1S/C12H15N5O2/c1-3-19-11(18)5-4-10-15-12(17(2)16-10)9-6-13-8-14-7-9/h6-8H,3-5H2,1-2H3. The van der Waals surface area contributed by atoms with E-state index in [-0.39, 0.29) is 12.4 Å². The van der Waals surface area contributed by atoms with E-state index in [4.69, 9.17) is 4.74 Å². The van der Waals surface area contributed by atoms with E-state index in [1.807, 2.05) is 0 Å². The van der Waals surface area contributed by atoms with Gasteiger partial charge in [0.1, 0.15) is 6.33 Å². The van der Waals surface area contributed by atoms with Crippen molar-refractivity contribution in [1.82, 2.24) is 24.7 Å². The fourth-order valence-electron chi connectivity index (χ4n) is 1.66. The highest BCUT2D eigenvalue weighted by atomic mass is 16.5. The molecule has 0 spiro atoms.